The largest absolute Gasteiger partial charge is 0.411 e. The Hall–Kier alpha value is -2.63. The fraction of sp³-hybridized carbons (Fsp3) is 0.409. The first-order valence-electron chi connectivity index (χ1n) is 10.2. The van der Waals surface area contributed by atoms with Gasteiger partial charge >= 0.3 is 12.2 Å². The Labute approximate surface area is 191 Å². The van der Waals surface area contributed by atoms with Gasteiger partial charge in [-0.05, 0) is 36.1 Å². The van der Waals surface area contributed by atoms with E-state index in [0.717, 1.165) is 11.1 Å². The zero-order chi connectivity index (χ0) is 24.5. The van der Waals surface area contributed by atoms with Crippen molar-refractivity contribution in [3.63, 3.8) is 0 Å². The maximum absolute atomic E-state index is 12.1. The fourth-order valence-electron chi connectivity index (χ4n) is 2.84. The summed E-state index contributed by atoms with van der Waals surface area (Å²) in [7, 11) is -3.40. The number of carbonyl (C=O) groups excluding carboxylic acids is 1. The number of carbonyl (C=O) groups is 1. The van der Waals surface area contributed by atoms with Gasteiger partial charge in [0.05, 0.1) is 12.4 Å². The summed E-state index contributed by atoms with van der Waals surface area (Å²) in [6.07, 6.45) is -4.36. The van der Waals surface area contributed by atoms with Crippen LogP contribution in [0.15, 0.2) is 48.5 Å². The summed E-state index contributed by atoms with van der Waals surface area (Å²) in [5.41, 5.74) is 2.84. The second-order valence-electron chi connectivity index (χ2n) is 7.81. The van der Waals surface area contributed by atoms with E-state index in [2.05, 4.69) is 20.1 Å². The molecule has 0 fully saturated rings. The summed E-state index contributed by atoms with van der Waals surface area (Å²) >= 11 is 0. The van der Waals surface area contributed by atoms with E-state index in [1.54, 1.807) is 62.4 Å². The molecule has 3 N–H and O–H groups in total. The summed E-state index contributed by atoms with van der Waals surface area (Å²) < 4.78 is 67.4. The number of ether oxygens (including phenoxy) is 1. The first-order chi connectivity index (χ1) is 15.4. The van der Waals surface area contributed by atoms with Crippen LogP contribution in [0.1, 0.15) is 36.1 Å². The van der Waals surface area contributed by atoms with Gasteiger partial charge in [-0.15, -0.1) is 0 Å². The normalized spacial score (nSPS) is 12.1. The molecule has 0 bridgehead atoms. The van der Waals surface area contributed by atoms with Gasteiger partial charge in [-0.3, -0.25) is 0 Å². The molecule has 0 saturated heterocycles. The molecule has 0 radical (unpaired) electrons. The summed E-state index contributed by atoms with van der Waals surface area (Å²) in [6.45, 7) is 2.57. The second-order valence-corrected chi connectivity index (χ2v) is 9.56. The zero-order valence-electron chi connectivity index (χ0n) is 18.4. The van der Waals surface area contributed by atoms with Gasteiger partial charge < -0.3 is 15.4 Å². The van der Waals surface area contributed by atoms with Crippen molar-refractivity contribution >= 4 is 16.1 Å². The van der Waals surface area contributed by atoms with E-state index in [4.69, 9.17) is 0 Å². The van der Waals surface area contributed by atoms with Crippen LogP contribution in [0, 0.1) is 0 Å². The number of urea groups is 1. The predicted octanol–water partition coefficient (Wildman–Crippen LogP) is 3.59. The molecule has 0 saturated carbocycles. The first kappa shape index (κ1) is 26.6. The van der Waals surface area contributed by atoms with Gasteiger partial charge in [-0.1, -0.05) is 48.5 Å². The lowest BCUT2D eigenvalue weighted by atomic mass is 10.1. The van der Waals surface area contributed by atoms with Crippen molar-refractivity contribution in [1.29, 1.82) is 0 Å². The molecule has 2 aromatic carbocycles. The third kappa shape index (κ3) is 11.2. The number of benzene rings is 2. The monoisotopic (exact) mass is 487 g/mol. The highest BCUT2D eigenvalue weighted by molar-refractivity contribution is 7.88. The van der Waals surface area contributed by atoms with Crippen LogP contribution >= 0.6 is 0 Å². The summed E-state index contributed by atoms with van der Waals surface area (Å²) in [5, 5.41) is 5.40. The smallest absolute Gasteiger partial charge is 0.367 e. The Morgan fingerprint density at radius 1 is 0.879 bits per heavy atom. The number of hydrogen-bond acceptors (Lipinski definition) is 4. The van der Waals surface area contributed by atoms with Gasteiger partial charge in [0.25, 0.3) is 0 Å². The molecule has 0 unspecified atom stereocenters. The van der Waals surface area contributed by atoms with E-state index in [0.29, 0.717) is 11.1 Å². The van der Waals surface area contributed by atoms with Crippen molar-refractivity contribution in [2.45, 2.75) is 51.5 Å². The number of nitrogens with one attached hydrogen (secondary N) is 3. The van der Waals surface area contributed by atoms with Crippen molar-refractivity contribution in [2.75, 3.05) is 6.61 Å². The Kier molecular flexibility index (Phi) is 9.69. The van der Waals surface area contributed by atoms with Crippen LogP contribution in [-0.4, -0.2) is 33.3 Å². The molecule has 0 atom stereocenters. The molecule has 2 aromatic rings. The molecule has 182 valence electrons. The minimum atomic E-state index is -4.36. The maximum atomic E-state index is 12.1. The van der Waals surface area contributed by atoms with Crippen LogP contribution in [0.5, 0.6) is 0 Å². The molecule has 7 nitrogen and oxygen atoms in total. The van der Waals surface area contributed by atoms with E-state index in [9.17, 15) is 26.4 Å². The Morgan fingerprint density at radius 2 is 1.33 bits per heavy atom. The number of rotatable bonds is 11. The number of alkyl halides is 3. The van der Waals surface area contributed by atoms with E-state index in [-0.39, 0.29) is 37.5 Å². The molecule has 2 amide bonds. The van der Waals surface area contributed by atoms with Gasteiger partial charge in [0, 0.05) is 19.1 Å². The highest BCUT2D eigenvalue weighted by Gasteiger charge is 2.27. The molecule has 2 rings (SSSR count). The maximum Gasteiger partial charge on any atom is 0.411 e. The first-order valence-corrected chi connectivity index (χ1v) is 11.9. The molecular weight excluding hydrogens is 459 g/mol. The van der Waals surface area contributed by atoms with Gasteiger partial charge in [-0.2, -0.15) is 13.2 Å². The molecule has 33 heavy (non-hydrogen) atoms. The zero-order valence-corrected chi connectivity index (χ0v) is 19.2. The Balaban J connectivity index is 1.72. The van der Waals surface area contributed by atoms with E-state index in [1.165, 1.54) is 0 Å². The van der Waals surface area contributed by atoms with E-state index < -0.39 is 22.8 Å². The SMILES string of the molecule is CC(C)NS(=O)(=O)Cc1ccc(CNC(=O)NCc2ccc(COCC(F)(F)F)cc2)cc1. The van der Waals surface area contributed by atoms with Gasteiger partial charge in [0.1, 0.15) is 6.61 Å². The highest BCUT2D eigenvalue weighted by Crippen LogP contribution is 2.16. The molecule has 0 heterocycles. The Morgan fingerprint density at radius 3 is 1.79 bits per heavy atom. The molecule has 0 aliphatic carbocycles. The quantitative estimate of drug-likeness (QED) is 0.451. The number of halogens is 3. The molecule has 0 aliphatic rings. The van der Waals surface area contributed by atoms with Crippen LogP contribution in [0.25, 0.3) is 0 Å². The topological polar surface area (TPSA) is 96.5 Å². The van der Waals surface area contributed by atoms with Crippen LogP contribution in [0.3, 0.4) is 0 Å². The number of hydrogen-bond donors (Lipinski definition) is 3. The average molecular weight is 488 g/mol. The Bertz CT molecular complexity index is 993. The van der Waals surface area contributed by atoms with Crippen LogP contribution in [-0.2, 0) is 40.2 Å². The standard InChI is InChI=1S/C22H28F3N3O4S/c1-16(2)28-33(30,31)14-20-9-5-18(6-10-20)12-27-21(29)26-11-17-3-7-19(8-4-17)13-32-15-22(23,24)25/h3-10,16,28H,11-15H2,1-2H3,(H2,26,27,29). The third-order valence-corrected chi connectivity index (χ3v) is 5.80. The molecular formula is C22H28F3N3O4S. The van der Waals surface area contributed by atoms with E-state index >= 15 is 0 Å². The second kappa shape index (κ2) is 12.0. The highest BCUT2D eigenvalue weighted by atomic mass is 32.2. The van der Waals surface area contributed by atoms with Crippen molar-refractivity contribution in [1.82, 2.24) is 15.4 Å². The number of amides is 2. The van der Waals surface area contributed by atoms with Crippen molar-refractivity contribution in [2.24, 2.45) is 0 Å². The van der Waals surface area contributed by atoms with Gasteiger partial charge in [0.15, 0.2) is 0 Å². The van der Waals surface area contributed by atoms with Crippen molar-refractivity contribution in [3.05, 3.63) is 70.8 Å². The number of sulfonamides is 1. The lowest BCUT2D eigenvalue weighted by molar-refractivity contribution is -0.176. The van der Waals surface area contributed by atoms with Crippen LogP contribution < -0.4 is 15.4 Å². The van der Waals surface area contributed by atoms with Crippen molar-refractivity contribution < 1.29 is 31.1 Å². The molecule has 11 heteroatoms. The fourth-order valence-corrected chi connectivity index (χ4v) is 4.27. The summed E-state index contributed by atoms with van der Waals surface area (Å²) in [5.74, 6) is -0.118. The molecule has 0 spiro atoms. The van der Waals surface area contributed by atoms with Crippen molar-refractivity contribution in [3.8, 4) is 0 Å². The van der Waals surface area contributed by atoms with Crippen LogP contribution in [0.4, 0.5) is 18.0 Å². The molecule has 0 aromatic heterocycles. The summed E-state index contributed by atoms with van der Waals surface area (Å²) in [4.78, 5) is 12.0. The molecule has 0 aliphatic heterocycles. The van der Waals surface area contributed by atoms with Crippen LogP contribution in [0.2, 0.25) is 0 Å². The minimum Gasteiger partial charge on any atom is -0.367 e. The lowest BCUT2D eigenvalue weighted by Crippen LogP contribution is -2.34. The lowest BCUT2D eigenvalue weighted by Gasteiger charge is -2.11. The van der Waals surface area contributed by atoms with E-state index in [1.807, 2.05) is 0 Å². The van der Waals surface area contributed by atoms with Gasteiger partial charge in [-0.25, -0.2) is 17.9 Å². The van der Waals surface area contributed by atoms with Gasteiger partial charge in [0.2, 0.25) is 10.0 Å². The predicted molar refractivity (Wildman–Crippen MR) is 119 cm³/mol. The third-order valence-electron chi connectivity index (χ3n) is 4.26. The average Bonchev–Trinajstić information content (AvgIpc) is 2.70. The minimum absolute atomic E-state index is 0.118. The summed E-state index contributed by atoms with van der Waals surface area (Å²) in [6, 6.07) is 13.0.